The SMILES string of the molecule is CCCSc1nc(NC2CC2c2ccc(F)c(F)c2)c2nnn([C@H]3C[C@@H](CO)[C@H](O)[C@@H]3O)c2n1. The van der Waals surface area contributed by atoms with Gasteiger partial charge < -0.3 is 20.6 Å². The molecule has 0 bridgehead atoms. The normalized spacial score (nSPS) is 28.5. The summed E-state index contributed by atoms with van der Waals surface area (Å²) in [6.45, 7) is 1.81. The number of anilines is 1. The number of rotatable bonds is 8. The maximum atomic E-state index is 13.7. The minimum Gasteiger partial charge on any atom is -0.396 e. The Kier molecular flexibility index (Phi) is 6.40. The molecule has 12 heteroatoms. The standard InChI is InChI=1S/C22H26F2N6O3S/c1-2-5-34-22-26-20(25-15-8-12(15)10-3-4-13(23)14(24)6-10)17-21(27-22)30(29-28-17)16-7-11(9-31)18(32)19(16)33/h3-4,6,11-12,15-16,18-19,31-33H,2,5,7-9H2,1H3,(H,25,26,27)/t11-,12?,15?,16-,18-,19+/m0/s1. The zero-order chi connectivity index (χ0) is 24.0. The van der Waals surface area contributed by atoms with Gasteiger partial charge in [0.15, 0.2) is 33.8 Å². The lowest BCUT2D eigenvalue weighted by Crippen LogP contribution is -2.30. The lowest BCUT2D eigenvalue weighted by Gasteiger charge is -2.17. The molecule has 2 saturated carbocycles. The molecule has 2 aliphatic carbocycles. The number of thioether (sulfide) groups is 1. The van der Waals surface area contributed by atoms with Gasteiger partial charge in [-0.25, -0.2) is 23.4 Å². The second kappa shape index (κ2) is 9.33. The second-order valence-corrected chi connectivity index (χ2v) is 9.97. The first-order valence-electron chi connectivity index (χ1n) is 11.4. The lowest BCUT2D eigenvalue weighted by molar-refractivity contribution is -0.00512. The fraction of sp³-hybridized carbons (Fsp3) is 0.545. The molecule has 2 unspecified atom stereocenters. The molecule has 2 heterocycles. The van der Waals surface area contributed by atoms with Gasteiger partial charge in [0.05, 0.1) is 12.1 Å². The summed E-state index contributed by atoms with van der Waals surface area (Å²) in [5.41, 5.74) is 1.56. The van der Waals surface area contributed by atoms with Crippen LogP contribution in [0.25, 0.3) is 11.2 Å². The highest BCUT2D eigenvalue weighted by Gasteiger charge is 2.44. The maximum Gasteiger partial charge on any atom is 0.191 e. The monoisotopic (exact) mass is 492 g/mol. The molecule has 34 heavy (non-hydrogen) atoms. The molecule has 182 valence electrons. The first-order valence-corrected chi connectivity index (χ1v) is 12.3. The van der Waals surface area contributed by atoms with E-state index in [0.29, 0.717) is 34.1 Å². The smallest absolute Gasteiger partial charge is 0.191 e. The Labute approximate surface area is 198 Å². The van der Waals surface area contributed by atoms with Gasteiger partial charge in [0.2, 0.25) is 0 Å². The van der Waals surface area contributed by atoms with Crippen molar-refractivity contribution in [3.63, 3.8) is 0 Å². The second-order valence-electron chi connectivity index (χ2n) is 8.90. The van der Waals surface area contributed by atoms with Crippen molar-refractivity contribution in [1.82, 2.24) is 25.0 Å². The molecular formula is C22H26F2N6O3S. The van der Waals surface area contributed by atoms with Crippen LogP contribution in [0.5, 0.6) is 0 Å². The fourth-order valence-electron chi connectivity index (χ4n) is 4.56. The molecule has 6 atom stereocenters. The van der Waals surface area contributed by atoms with Gasteiger partial charge in [0.1, 0.15) is 6.10 Å². The van der Waals surface area contributed by atoms with Crippen molar-refractivity contribution < 1.29 is 24.1 Å². The number of aliphatic hydroxyl groups excluding tert-OH is 3. The third-order valence-electron chi connectivity index (χ3n) is 6.54. The summed E-state index contributed by atoms with van der Waals surface area (Å²) >= 11 is 1.48. The predicted octanol–water partition coefficient (Wildman–Crippen LogP) is 2.24. The van der Waals surface area contributed by atoms with E-state index in [2.05, 4.69) is 32.5 Å². The van der Waals surface area contributed by atoms with Crippen LogP contribution in [0.4, 0.5) is 14.6 Å². The van der Waals surface area contributed by atoms with E-state index < -0.39 is 35.8 Å². The Morgan fingerprint density at radius 3 is 2.68 bits per heavy atom. The first kappa shape index (κ1) is 23.3. The van der Waals surface area contributed by atoms with Crippen LogP contribution in [0.2, 0.25) is 0 Å². The van der Waals surface area contributed by atoms with E-state index in [-0.39, 0.29) is 18.6 Å². The molecule has 0 saturated heterocycles. The van der Waals surface area contributed by atoms with Crippen molar-refractivity contribution in [2.75, 3.05) is 17.7 Å². The van der Waals surface area contributed by atoms with Gasteiger partial charge in [-0.05, 0) is 37.0 Å². The van der Waals surface area contributed by atoms with E-state index in [4.69, 9.17) is 0 Å². The van der Waals surface area contributed by atoms with Crippen LogP contribution in [0.3, 0.4) is 0 Å². The van der Waals surface area contributed by atoms with E-state index in [1.807, 2.05) is 0 Å². The van der Waals surface area contributed by atoms with Gasteiger partial charge in [-0.1, -0.05) is 30.0 Å². The third kappa shape index (κ3) is 4.23. The number of hydrogen-bond acceptors (Lipinski definition) is 9. The number of fused-ring (bicyclic) bond motifs is 1. The van der Waals surface area contributed by atoms with Gasteiger partial charge in [-0.3, -0.25) is 0 Å². The predicted molar refractivity (Wildman–Crippen MR) is 122 cm³/mol. The molecule has 0 radical (unpaired) electrons. The zero-order valence-corrected chi connectivity index (χ0v) is 19.3. The molecule has 4 N–H and O–H groups in total. The number of aliphatic hydroxyl groups is 3. The molecule has 9 nitrogen and oxygen atoms in total. The highest BCUT2D eigenvalue weighted by molar-refractivity contribution is 7.99. The zero-order valence-electron chi connectivity index (χ0n) is 18.5. The van der Waals surface area contributed by atoms with E-state index in [0.717, 1.165) is 24.7 Å². The molecule has 2 aliphatic rings. The molecule has 0 aliphatic heterocycles. The molecule has 2 fully saturated rings. The van der Waals surface area contributed by atoms with E-state index in [1.165, 1.54) is 22.5 Å². The Morgan fingerprint density at radius 1 is 1.15 bits per heavy atom. The number of benzene rings is 1. The quantitative estimate of drug-likeness (QED) is 0.276. The Bertz CT molecular complexity index is 1200. The van der Waals surface area contributed by atoms with Crippen LogP contribution in [-0.4, -0.2) is 70.9 Å². The van der Waals surface area contributed by atoms with Gasteiger partial charge >= 0.3 is 0 Å². The molecule has 2 aromatic heterocycles. The highest BCUT2D eigenvalue weighted by atomic mass is 32.2. The minimum absolute atomic E-state index is 0.0130. The van der Waals surface area contributed by atoms with Gasteiger partial charge in [-0.15, -0.1) is 5.10 Å². The van der Waals surface area contributed by atoms with Crippen molar-refractivity contribution in [2.24, 2.45) is 5.92 Å². The fourth-order valence-corrected chi connectivity index (χ4v) is 5.25. The summed E-state index contributed by atoms with van der Waals surface area (Å²) in [6.07, 6.45) is -0.179. The summed E-state index contributed by atoms with van der Waals surface area (Å²) in [7, 11) is 0. The Balaban J connectivity index is 1.45. The summed E-state index contributed by atoms with van der Waals surface area (Å²) in [4.78, 5) is 9.24. The van der Waals surface area contributed by atoms with Crippen LogP contribution in [-0.2, 0) is 0 Å². The Hall–Kier alpha value is -2.41. The molecule has 5 rings (SSSR count). The van der Waals surface area contributed by atoms with Crippen molar-refractivity contribution >= 4 is 28.7 Å². The van der Waals surface area contributed by atoms with Crippen molar-refractivity contribution in [3.8, 4) is 0 Å². The number of halogens is 2. The minimum atomic E-state index is -1.11. The average Bonchev–Trinajstić information content (AvgIpc) is 3.37. The Morgan fingerprint density at radius 2 is 1.97 bits per heavy atom. The van der Waals surface area contributed by atoms with Crippen LogP contribution in [0, 0.1) is 17.6 Å². The molecular weight excluding hydrogens is 466 g/mol. The largest absolute Gasteiger partial charge is 0.396 e. The molecule has 0 spiro atoms. The number of nitrogens with one attached hydrogen (secondary N) is 1. The van der Waals surface area contributed by atoms with Crippen molar-refractivity contribution in [2.45, 2.75) is 61.6 Å². The van der Waals surface area contributed by atoms with Crippen LogP contribution in [0.1, 0.15) is 43.7 Å². The van der Waals surface area contributed by atoms with E-state index in [9.17, 15) is 24.1 Å². The third-order valence-corrected chi connectivity index (χ3v) is 7.60. The molecule has 0 amide bonds. The van der Waals surface area contributed by atoms with E-state index in [1.54, 1.807) is 6.07 Å². The maximum absolute atomic E-state index is 13.7. The van der Waals surface area contributed by atoms with Gasteiger partial charge in [-0.2, -0.15) is 0 Å². The average molecular weight is 493 g/mol. The lowest BCUT2D eigenvalue weighted by atomic mass is 10.1. The van der Waals surface area contributed by atoms with Crippen LogP contribution < -0.4 is 5.32 Å². The van der Waals surface area contributed by atoms with Crippen molar-refractivity contribution in [1.29, 1.82) is 0 Å². The summed E-state index contributed by atoms with van der Waals surface area (Å²) in [5.74, 6) is -0.896. The summed E-state index contributed by atoms with van der Waals surface area (Å²) in [6, 6.07) is 3.33. The van der Waals surface area contributed by atoms with Gasteiger partial charge in [0, 0.05) is 30.2 Å². The van der Waals surface area contributed by atoms with E-state index >= 15 is 0 Å². The van der Waals surface area contributed by atoms with Crippen LogP contribution >= 0.6 is 11.8 Å². The summed E-state index contributed by atoms with van der Waals surface area (Å²) < 4.78 is 28.5. The number of hydrogen-bond donors (Lipinski definition) is 4. The molecule has 1 aromatic carbocycles. The summed E-state index contributed by atoms with van der Waals surface area (Å²) in [5, 5.41) is 42.7. The highest BCUT2D eigenvalue weighted by Crippen LogP contribution is 2.44. The van der Waals surface area contributed by atoms with Crippen molar-refractivity contribution in [3.05, 3.63) is 35.4 Å². The topological polar surface area (TPSA) is 129 Å². The van der Waals surface area contributed by atoms with Gasteiger partial charge in [0.25, 0.3) is 0 Å². The first-order chi connectivity index (χ1) is 16.4. The molecule has 3 aromatic rings. The number of nitrogens with zero attached hydrogens (tertiary/aromatic N) is 5. The number of aromatic nitrogens is 5. The van der Waals surface area contributed by atoms with Crippen LogP contribution in [0.15, 0.2) is 23.4 Å².